The molecule has 0 atom stereocenters. The van der Waals surface area contributed by atoms with Gasteiger partial charge in [0.1, 0.15) is 11.9 Å². The van der Waals surface area contributed by atoms with E-state index in [9.17, 15) is 8.42 Å². The smallest absolute Gasteiger partial charge is 0.227 e. The van der Waals surface area contributed by atoms with Gasteiger partial charge in [0.25, 0.3) is 0 Å². The molecule has 8 heteroatoms. The van der Waals surface area contributed by atoms with Gasteiger partial charge < -0.3 is 15.4 Å². The molecule has 1 aromatic heterocycles. The van der Waals surface area contributed by atoms with Gasteiger partial charge in [-0.3, -0.25) is 0 Å². The van der Waals surface area contributed by atoms with Crippen LogP contribution in [0.5, 0.6) is 5.75 Å². The van der Waals surface area contributed by atoms with Crippen LogP contribution in [-0.4, -0.2) is 43.8 Å². The molecule has 28 heavy (non-hydrogen) atoms. The topological polar surface area (TPSA) is 93.2 Å². The van der Waals surface area contributed by atoms with Crippen molar-refractivity contribution in [2.24, 2.45) is 0 Å². The third-order valence-electron chi connectivity index (χ3n) is 4.66. The highest BCUT2D eigenvalue weighted by molar-refractivity contribution is 7.90. The Morgan fingerprint density at radius 3 is 2.75 bits per heavy atom. The number of benzene rings is 2. The predicted molar refractivity (Wildman–Crippen MR) is 109 cm³/mol. The molecule has 0 amide bonds. The summed E-state index contributed by atoms with van der Waals surface area (Å²) in [5.74, 6) is 1.19. The second-order valence-corrected chi connectivity index (χ2v) is 8.92. The van der Waals surface area contributed by atoms with Crippen molar-refractivity contribution in [3.8, 4) is 5.75 Å². The third-order valence-corrected chi connectivity index (χ3v) is 5.77. The first kappa shape index (κ1) is 18.6. The molecule has 0 saturated carbocycles. The zero-order valence-electron chi connectivity index (χ0n) is 15.6. The van der Waals surface area contributed by atoms with Crippen LogP contribution in [0.4, 0.5) is 11.6 Å². The lowest BCUT2D eigenvalue weighted by atomic mass is 10.1. The molecule has 2 N–H and O–H groups in total. The lowest BCUT2D eigenvalue weighted by molar-refractivity contribution is 0.162. The minimum atomic E-state index is -3.27. The Hall–Kier alpha value is -2.71. The molecule has 7 nitrogen and oxygen atoms in total. The van der Waals surface area contributed by atoms with E-state index in [1.807, 2.05) is 18.2 Å². The van der Waals surface area contributed by atoms with Crippen LogP contribution in [-0.2, 0) is 9.84 Å². The summed E-state index contributed by atoms with van der Waals surface area (Å²) in [5.41, 5.74) is 1.38. The maximum absolute atomic E-state index is 11.7. The first-order valence-electron chi connectivity index (χ1n) is 9.19. The van der Waals surface area contributed by atoms with E-state index in [0.29, 0.717) is 11.6 Å². The average molecular weight is 398 g/mol. The van der Waals surface area contributed by atoms with Crippen LogP contribution in [0.15, 0.2) is 53.6 Å². The van der Waals surface area contributed by atoms with E-state index in [2.05, 4.69) is 20.6 Å². The van der Waals surface area contributed by atoms with E-state index in [0.717, 1.165) is 42.6 Å². The molecular weight excluding hydrogens is 376 g/mol. The third kappa shape index (κ3) is 4.40. The van der Waals surface area contributed by atoms with Gasteiger partial charge in [-0.25, -0.2) is 18.4 Å². The summed E-state index contributed by atoms with van der Waals surface area (Å²) in [4.78, 5) is 9.12. The Labute approximate surface area is 164 Å². The fraction of sp³-hybridized carbons (Fsp3) is 0.300. The molecular formula is C20H22N4O3S. The average Bonchev–Trinajstić information content (AvgIpc) is 2.68. The Balaban J connectivity index is 1.56. The summed E-state index contributed by atoms with van der Waals surface area (Å²) < 4.78 is 29.6. The van der Waals surface area contributed by atoms with Gasteiger partial charge >= 0.3 is 0 Å². The van der Waals surface area contributed by atoms with Gasteiger partial charge in [0.2, 0.25) is 5.95 Å². The fourth-order valence-corrected chi connectivity index (χ4v) is 3.84. The molecule has 3 aromatic rings. The van der Waals surface area contributed by atoms with Crippen LogP contribution in [0.1, 0.15) is 12.8 Å². The number of nitrogens with zero attached hydrogens (tertiary/aromatic N) is 2. The van der Waals surface area contributed by atoms with Gasteiger partial charge in [0.05, 0.1) is 10.4 Å². The SMILES string of the molecule is CS(=O)(=O)c1cccc(Nc2ncc3ccc(OC4CCNCC4)cc3n2)c1. The number of nitrogens with one attached hydrogen (secondary N) is 2. The highest BCUT2D eigenvalue weighted by Crippen LogP contribution is 2.24. The minimum absolute atomic E-state index is 0.219. The lowest BCUT2D eigenvalue weighted by Gasteiger charge is -2.23. The number of hydrogen-bond donors (Lipinski definition) is 2. The summed E-state index contributed by atoms with van der Waals surface area (Å²) in [6.07, 6.45) is 5.12. The van der Waals surface area contributed by atoms with Crippen molar-refractivity contribution in [3.63, 3.8) is 0 Å². The van der Waals surface area contributed by atoms with Crippen LogP contribution < -0.4 is 15.4 Å². The summed E-state index contributed by atoms with van der Waals surface area (Å²) in [5, 5.41) is 7.31. The van der Waals surface area contributed by atoms with Crippen LogP contribution in [0.3, 0.4) is 0 Å². The van der Waals surface area contributed by atoms with Gasteiger partial charge in [0, 0.05) is 29.6 Å². The lowest BCUT2D eigenvalue weighted by Crippen LogP contribution is -2.34. The molecule has 146 valence electrons. The van der Waals surface area contributed by atoms with Crippen LogP contribution in [0.2, 0.25) is 0 Å². The van der Waals surface area contributed by atoms with Gasteiger partial charge in [0.15, 0.2) is 9.84 Å². The van der Waals surface area contributed by atoms with Gasteiger partial charge in [-0.2, -0.15) is 0 Å². The molecule has 0 bridgehead atoms. The quantitative estimate of drug-likeness (QED) is 0.682. The van der Waals surface area contributed by atoms with Crippen molar-refractivity contribution in [2.75, 3.05) is 24.7 Å². The number of fused-ring (bicyclic) bond motifs is 1. The van der Waals surface area contributed by atoms with E-state index in [1.54, 1.807) is 30.5 Å². The molecule has 2 heterocycles. The second kappa shape index (κ2) is 7.73. The summed E-state index contributed by atoms with van der Waals surface area (Å²) in [7, 11) is -3.27. The largest absolute Gasteiger partial charge is 0.490 e. The molecule has 0 aliphatic carbocycles. The first-order valence-corrected chi connectivity index (χ1v) is 11.1. The molecule has 0 unspecified atom stereocenters. The van der Waals surface area contributed by atoms with Crippen molar-refractivity contribution in [1.82, 2.24) is 15.3 Å². The highest BCUT2D eigenvalue weighted by Gasteiger charge is 2.15. The number of rotatable bonds is 5. The molecule has 1 aliphatic rings. The van der Waals surface area contributed by atoms with E-state index in [4.69, 9.17) is 4.74 Å². The number of aromatic nitrogens is 2. The first-order chi connectivity index (χ1) is 13.5. The molecule has 0 spiro atoms. The Bertz CT molecular complexity index is 1100. The number of ether oxygens (including phenoxy) is 1. The van der Waals surface area contributed by atoms with Crippen molar-refractivity contribution in [1.29, 1.82) is 0 Å². The number of piperidine rings is 1. The van der Waals surface area contributed by atoms with E-state index >= 15 is 0 Å². The molecule has 1 aliphatic heterocycles. The Morgan fingerprint density at radius 1 is 1.14 bits per heavy atom. The van der Waals surface area contributed by atoms with Crippen LogP contribution in [0.25, 0.3) is 10.9 Å². The van der Waals surface area contributed by atoms with Crippen LogP contribution in [0, 0.1) is 0 Å². The molecule has 1 saturated heterocycles. The van der Waals surface area contributed by atoms with Crippen molar-refractivity contribution in [3.05, 3.63) is 48.7 Å². The molecule has 0 radical (unpaired) electrons. The second-order valence-electron chi connectivity index (χ2n) is 6.91. The number of sulfone groups is 1. The van der Waals surface area contributed by atoms with Gasteiger partial charge in [-0.1, -0.05) is 6.07 Å². The fourth-order valence-electron chi connectivity index (χ4n) is 3.18. The van der Waals surface area contributed by atoms with Gasteiger partial charge in [-0.05, 0) is 56.3 Å². The number of anilines is 2. The van der Waals surface area contributed by atoms with Crippen molar-refractivity contribution in [2.45, 2.75) is 23.8 Å². The van der Waals surface area contributed by atoms with E-state index in [1.165, 1.54) is 6.26 Å². The summed E-state index contributed by atoms with van der Waals surface area (Å²) in [6, 6.07) is 12.4. The molecule has 2 aromatic carbocycles. The van der Waals surface area contributed by atoms with Crippen molar-refractivity contribution < 1.29 is 13.2 Å². The predicted octanol–water partition coefficient (Wildman–Crippen LogP) is 2.91. The number of hydrogen-bond acceptors (Lipinski definition) is 7. The standard InChI is InChI=1S/C20H22N4O3S/c1-28(25,26)18-4-2-3-15(11-18)23-20-22-13-14-5-6-17(12-19(14)24-20)27-16-7-9-21-10-8-16/h2-6,11-13,16,21H,7-10H2,1H3,(H,22,23,24). The Kier molecular flexibility index (Phi) is 5.15. The normalized spacial score (nSPS) is 15.5. The van der Waals surface area contributed by atoms with E-state index in [-0.39, 0.29) is 11.0 Å². The maximum Gasteiger partial charge on any atom is 0.227 e. The minimum Gasteiger partial charge on any atom is -0.490 e. The highest BCUT2D eigenvalue weighted by atomic mass is 32.2. The van der Waals surface area contributed by atoms with Crippen LogP contribution >= 0.6 is 0 Å². The zero-order chi connectivity index (χ0) is 19.6. The monoisotopic (exact) mass is 398 g/mol. The molecule has 4 rings (SSSR count). The van der Waals surface area contributed by atoms with E-state index < -0.39 is 9.84 Å². The summed E-state index contributed by atoms with van der Waals surface area (Å²) >= 11 is 0. The molecule has 1 fully saturated rings. The summed E-state index contributed by atoms with van der Waals surface area (Å²) in [6.45, 7) is 1.95. The maximum atomic E-state index is 11.7. The van der Waals surface area contributed by atoms with Gasteiger partial charge in [-0.15, -0.1) is 0 Å². The van der Waals surface area contributed by atoms with Crippen molar-refractivity contribution >= 4 is 32.4 Å². The zero-order valence-corrected chi connectivity index (χ0v) is 16.4. The Morgan fingerprint density at radius 2 is 1.96 bits per heavy atom.